The molecule has 66 valence electrons. The van der Waals surface area contributed by atoms with Crippen LogP contribution in [-0.4, -0.2) is 15.4 Å². The van der Waals surface area contributed by atoms with Gasteiger partial charge in [0.1, 0.15) is 16.1 Å². The van der Waals surface area contributed by atoms with Crippen LogP contribution in [0, 0.1) is 0 Å². The third kappa shape index (κ3) is 2.73. The molecule has 0 saturated heterocycles. The van der Waals surface area contributed by atoms with Gasteiger partial charge < -0.3 is 4.72 Å². The number of hydrogen-bond donors (Lipinski definition) is 1. The summed E-state index contributed by atoms with van der Waals surface area (Å²) in [5.74, 6) is 0. The minimum absolute atomic E-state index is 0.391. The summed E-state index contributed by atoms with van der Waals surface area (Å²) in [7, 11) is -1.09. The molecule has 0 bridgehead atoms. The Bertz CT molecular complexity index is 320. The largest absolute Gasteiger partial charge is 0.304 e. The van der Waals surface area contributed by atoms with Crippen molar-refractivity contribution >= 4 is 44.2 Å². The molecule has 0 fully saturated rings. The van der Waals surface area contributed by atoms with Crippen LogP contribution in [0.2, 0.25) is 5.15 Å². The molecule has 1 aromatic rings. The highest BCUT2D eigenvalue weighted by Crippen LogP contribution is 2.22. The van der Waals surface area contributed by atoms with Crippen LogP contribution in [0.15, 0.2) is 16.7 Å². The third-order valence-electron chi connectivity index (χ3n) is 1.06. The fourth-order valence-corrected chi connectivity index (χ4v) is 1.54. The molecule has 1 rings (SSSR count). The molecule has 0 aliphatic carbocycles. The zero-order chi connectivity index (χ0) is 9.14. The summed E-state index contributed by atoms with van der Waals surface area (Å²) in [6.45, 7) is 0. The standard InChI is InChI=1S/C6H6BrClN2OS/c1-12(11)10-4-2-5(7)6(8)9-3-4/h2-3,10H,1H3. The highest BCUT2D eigenvalue weighted by Gasteiger charge is 2.00. The zero-order valence-corrected chi connectivity index (χ0v) is 9.33. The van der Waals surface area contributed by atoms with E-state index < -0.39 is 11.0 Å². The van der Waals surface area contributed by atoms with Gasteiger partial charge in [0, 0.05) is 6.26 Å². The van der Waals surface area contributed by atoms with Gasteiger partial charge in [0.2, 0.25) is 0 Å². The normalized spacial score (nSPS) is 12.6. The van der Waals surface area contributed by atoms with Crippen LogP contribution >= 0.6 is 27.5 Å². The van der Waals surface area contributed by atoms with Crippen LogP contribution in [-0.2, 0) is 11.0 Å². The average Bonchev–Trinajstić information content (AvgIpc) is 1.96. The first-order valence-corrected chi connectivity index (χ1v) is 5.73. The summed E-state index contributed by atoms with van der Waals surface area (Å²) in [6.07, 6.45) is 3.07. The maximum atomic E-state index is 10.7. The van der Waals surface area contributed by atoms with E-state index in [1.807, 2.05) is 0 Å². The Morgan fingerprint density at radius 2 is 2.42 bits per heavy atom. The summed E-state index contributed by atoms with van der Waals surface area (Å²) < 4.78 is 14.1. The quantitative estimate of drug-likeness (QED) is 0.837. The van der Waals surface area contributed by atoms with Crippen molar-refractivity contribution < 1.29 is 4.21 Å². The summed E-state index contributed by atoms with van der Waals surface area (Å²) in [5.41, 5.74) is 0.673. The zero-order valence-electron chi connectivity index (χ0n) is 6.17. The van der Waals surface area contributed by atoms with Crippen molar-refractivity contribution in [1.82, 2.24) is 4.98 Å². The van der Waals surface area contributed by atoms with Gasteiger partial charge in [-0.15, -0.1) is 0 Å². The van der Waals surface area contributed by atoms with Gasteiger partial charge in [-0.1, -0.05) is 11.6 Å². The number of aromatic nitrogens is 1. The van der Waals surface area contributed by atoms with Gasteiger partial charge in [-0.05, 0) is 22.0 Å². The monoisotopic (exact) mass is 268 g/mol. The van der Waals surface area contributed by atoms with Crippen molar-refractivity contribution in [2.24, 2.45) is 0 Å². The smallest absolute Gasteiger partial charge is 0.143 e. The van der Waals surface area contributed by atoms with Crippen molar-refractivity contribution in [2.75, 3.05) is 11.0 Å². The molecule has 0 aliphatic heterocycles. The molecule has 1 N–H and O–H groups in total. The van der Waals surface area contributed by atoms with E-state index in [4.69, 9.17) is 11.6 Å². The maximum Gasteiger partial charge on any atom is 0.143 e. The fourth-order valence-electron chi connectivity index (χ4n) is 0.643. The molecule has 1 unspecified atom stereocenters. The highest BCUT2D eigenvalue weighted by atomic mass is 79.9. The number of hydrogen-bond acceptors (Lipinski definition) is 2. The van der Waals surface area contributed by atoms with E-state index in [1.54, 1.807) is 12.3 Å². The van der Waals surface area contributed by atoms with E-state index in [-0.39, 0.29) is 0 Å². The van der Waals surface area contributed by atoms with Crippen LogP contribution in [0.25, 0.3) is 0 Å². The van der Waals surface area contributed by atoms with E-state index in [0.717, 1.165) is 0 Å². The van der Waals surface area contributed by atoms with Gasteiger partial charge >= 0.3 is 0 Å². The molecule has 0 saturated carbocycles. The van der Waals surface area contributed by atoms with Crippen LogP contribution in [0.4, 0.5) is 5.69 Å². The lowest BCUT2D eigenvalue weighted by Gasteiger charge is -2.02. The second kappa shape index (κ2) is 4.20. The number of nitrogens with one attached hydrogen (secondary N) is 1. The van der Waals surface area contributed by atoms with Crippen molar-refractivity contribution in [3.05, 3.63) is 21.9 Å². The average molecular weight is 270 g/mol. The molecule has 1 aromatic heterocycles. The molecular formula is C6H6BrClN2OS. The number of rotatable bonds is 2. The first kappa shape index (κ1) is 9.95. The highest BCUT2D eigenvalue weighted by molar-refractivity contribution is 9.10. The molecule has 1 heterocycles. The van der Waals surface area contributed by atoms with E-state index in [9.17, 15) is 4.21 Å². The lowest BCUT2D eigenvalue weighted by atomic mass is 10.4. The predicted molar refractivity (Wildman–Crippen MR) is 54.6 cm³/mol. The Morgan fingerprint density at radius 1 is 1.75 bits per heavy atom. The Balaban J connectivity index is 2.89. The summed E-state index contributed by atoms with van der Waals surface area (Å²) >= 11 is 8.86. The molecule has 6 heteroatoms. The van der Waals surface area contributed by atoms with Gasteiger partial charge in [-0.2, -0.15) is 0 Å². The Hall–Kier alpha value is -0.130. The molecule has 0 aliphatic rings. The minimum atomic E-state index is -1.09. The van der Waals surface area contributed by atoms with Gasteiger partial charge in [0.25, 0.3) is 0 Å². The second-order valence-corrected chi connectivity index (χ2v) is 4.38. The second-order valence-electron chi connectivity index (χ2n) is 2.05. The van der Waals surface area contributed by atoms with Crippen molar-refractivity contribution in [3.63, 3.8) is 0 Å². The molecule has 12 heavy (non-hydrogen) atoms. The van der Waals surface area contributed by atoms with Crippen molar-refractivity contribution in [3.8, 4) is 0 Å². The lowest BCUT2D eigenvalue weighted by Crippen LogP contribution is -2.01. The predicted octanol–water partition coefficient (Wildman–Crippen LogP) is 2.20. The number of anilines is 1. The maximum absolute atomic E-state index is 10.7. The summed E-state index contributed by atoms with van der Waals surface area (Å²) in [5, 5.41) is 0.391. The number of halogens is 2. The molecule has 0 spiro atoms. The Labute approximate surface area is 86.2 Å². The van der Waals surface area contributed by atoms with E-state index in [1.165, 1.54) is 6.20 Å². The molecular weight excluding hydrogens is 264 g/mol. The van der Waals surface area contributed by atoms with Gasteiger partial charge in [0.05, 0.1) is 16.4 Å². The molecule has 1 atom stereocenters. The number of pyridine rings is 1. The van der Waals surface area contributed by atoms with E-state index in [2.05, 4.69) is 25.6 Å². The molecule has 3 nitrogen and oxygen atoms in total. The summed E-state index contributed by atoms with van der Waals surface area (Å²) in [6, 6.07) is 1.72. The van der Waals surface area contributed by atoms with E-state index >= 15 is 0 Å². The first-order chi connectivity index (χ1) is 5.59. The van der Waals surface area contributed by atoms with Crippen molar-refractivity contribution in [1.29, 1.82) is 0 Å². The lowest BCUT2D eigenvalue weighted by molar-refractivity contribution is 0.690. The van der Waals surface area contributed by atoms with Crippen LogP contribution in [0.3, 0.4) is 0 Å². The first-order valence-electron chi connectivity index (χ1n) is 3.00. The fraction of sp³-hybridized carbons (Fsp3) is 0.167. The minimum Gasteiger partial charge on any atom is -0.304 e. The SMILES string of the molecule is CS(=O)Nc1cnc(Cl)c(Br)c1. The Kier molecular flexibility index (Phi) is 3.49. The van der Waals surface area contributed by atoms with E-state index in [0.29, 0.717) is 15.3 Å². The molecule has 0 radical (unpaired) electrons. The van der Waals surface area contributed by atoms with Crippen LogP contribution < -0.4 is 4.72 Å². The molecule has 0 aromatic carbocycles. The molecule has 0 amide bonds. The topological polar surface area (TPSA) is 42.0 Å². The van der Waals surface area contributed by atoms with Gasteiger partial charge in [0.15, 0.2) is 0 Å². The van der Waals surface area contributed by atoms with Crippen molar-refractivity contribution in [2.45, 2.75) is 0 Å². The third-order valence-corrected chi connectivity index (χ3v) is 2.71. The van der Waals surface area contributed by atoms with Crippen LogP contribution in [0.1, 0.15) is 0 Å². The Morgan fingerprint density at radius 3 is 2.92 bits per heavy atom. The van der Waals surface area contributed by atoms with Gasteiger partial charge in [-0.3, -0.25) is 0 Å². The van der Waals surface area contributed by atoms with Gasteiger partial charge in [-0.25, -0.2) is 9.19 Å². The number of nitrogens with zero attached hydrogens (tertiary/aromatic N) is 1. The summed E-state index contributed by atoms with van der Waals surface area (Å²) in [4.78, 5) is 3.85. The van der Waals surface area contributed by atoms with Crippen LogP contribution in [0.5, 0.6) is 0 Å².